The normalized spacial score (nSPS) is 9.61. The predicted octanol–water partition coefficient (Wildman–Crippen LogP) is 3.89. The Kier molecular flexibility index (Phi) is 5.21. The molecule has 0 aliphatic heterocycles. The van der Waals surface area contributed by atoms with Gasteiger partial charge in [-0.3, -0.25) is 0 Å². The molecular formula is C14H13ClO3. The zero-order chi connectivity index (χ0) is 12.1. The van der Waals surface area contributed by atoms with E-state index in [1.54, 1.807) is 0 Å². The fourth-order valence-electron chi connectivity index (χ4n) is 1.69. The third-order valence-corrected chi connectivity index (χ3v) is 2.42. The van der Waals surface area contributed by atoms with Crippen LogP contribution in [0.15, 0.2) is 60.7 Å². The first kappa shape index (κ1) is 14.1. The SMILES string of the molecule is Cl.O=C(O)OC(c1ccccc1)c1ccccc1. The number of rotatable bonds is 3. The second kappa shape index (κ2) is 6.67. The van der Waals surface area contributed by atoms with Gasteiger partial charge in [-0.2, -0.15) is 0 Å². The van der Waals surface area contributed by atoms with E-state index < -0.39 is 12.3 Å². The van der Waals surface area contributed by atoms with Crippen LogP contribution in [0.25, 0.3) is 0 Å². The summed E-state index contributed by atoms with van der Waals surface area (Å²) in [6.45, 7) is 0. The van der Waals surface area contributed by atoms with Gasteiger partial charge in [0.25, 0.3) is 0 Å². The van der Waals surface area contributed by atoms with Gasteiger partial charge in [-0.05, 0) is 11.1 Å². The highest BCUT2D eigenvalue weighted by atomic mass is 35.5. The first-order valence-corrected chi connectivity index (χ1v) is 5.27. The molecule has 0 heterocycles. The van der Waals surface area contributed by atoms with E-state index in [1.165, 1.54) is 0 Å². The lowest BCUT2D eigenvalue weighted by Gasteiger charge is -2.16. The molecule has 18 heavy (non-hydrogen) atoms. The van der Waals surface area contributed by atoms with E-state index in [0.717, 1.165) is 11.1 Å². The van der Waals surface area contributed by atoms with Crippen molar-refractivity contribution in [2.45, 2.75) is 6.10 Å². The van der Waals surface area contributed by atoms with Gasteiger partial charge >= 0.3 is 6.16 Å². The molecule has 0 aromatic heterocycles. The molecule has 3 nitrogen and oxygen atoms in total. The van der Waals surface area contributed by atoms with Crippen molar-refractivity contribution in [3.05, 3.63) is 71.8 Å². The number of carboxylic acid groups (broad SMARTS) is 1. The molecule has 0 aliphatic rings. The van der Waals surface area contributed by atoms with Crippen LogP contribution in [0.1, 0.15) is 17.2 Å². The van der Waals surface area contributed by atoms with Crippen LogP contribution in [0, 0.1) is 0 Å². The average molecular weight is 265 g/mol. The van der Waals surface area contributed by atoms with E-state index in [1.807, 2.05) is 60.7 Å². The van der Waals surface area contributed by atoms with Gasteiger partial charge in [-0.1, -0.05) is 60.7 Å². The van der Waals surface area contributed by atoms with Gasteiger partial charge in [-0.15, -0.1) is 12.4 Å². The number of benzene rings is 2. The van der Waals surface area contributed by atoms with Crippen LogP contribution >= 0.6 is 12.4 Å². The summed E-state index contributed by atoms with van der Waals surface area (Å²) in [5, 5.41) is 8.78. The minimum absolute atomic E-state index is 0. The molecule has 0 amide bonds. The summed E-state index contributed by atoms with van der Waals surface area (Å²) >= 11 is 0. The second-order valence-electron chi connectivity index (χ2n) is 3.59. The summed E-state index contributed by atoms with van der Waals surface area (Å²) in [5.74, 6) is 0. The highest BCUT2D eigenvalue weighted by Gasteiger charge is 2.17. The molecule has 0 spiro atoms. The Morgan fingerprint density at radius 1 is 0.889 bits per heavy atom. The second-order valence-corrected chi connectivity index (χ2v) is 3.59. The van der Waals surface area contributed by atoms with Crippen molar-refractivity contribution in [1.82, 2.24) is 0 Å². The number of ether oxygens (including phenoxy) is 1. The number of carbonyl (C=O) groups is 1. The van der Waals surface area contributed by atoms with Crippen molar-refractivity contribution < 1.29 is 14.6 Å². The molecule has 2 rings (SSSR count). The molecule has 0 saturated carbocycles. The smallest absolute Gasteiger partial charge is 0.450 e. The van der Waals surface area contributed by atoms with Crippen molar-refractivity contribution in [2.75, 3.05) is 0 Å². The van der Waals surface area contributed by atoms with E-state index in [2.05, 4.69) is 0 Å². The van der Waals surface area contributed by atoms with Gasteiger partial charge in [0.1, 0.15) is 0 Å². The van der Waals surface area contributed by atoms with Gasteiger partial charge in [0.15, 0.2) is 6.10 Å². The fraction of sp³-hybridized carbons (Fsp3) is 0.0714. The molecule has 1 N–H and O–H groups in total. The van der Waals surface area contributed by atoms with Crippen LogP contribution in [0.5, 0.6) is 0 Å². The summed E-state index contributed by atoms with van der Waals surface area (Å²) in [6, 6.07) is 18.6. The molecule has 0 radical (unpaired) electrons. The minimum Gasteiger partial charge on any atom is -0.450 e. The topological polar surface area (TPSA) is 46.5 Å². The highest BCUT2D eigenvalue weighted by molar-refractivity contribution is 5.85. The van der Waals surface area contributed by atoms with Crippen molar-refractivity contribution in [3.8, 4) is 0 Å². The predicted molar refractivity (Wildman–Crippen MR) is 71.1 cm³/mol. The van der Waals surface area contributed by atoms with Crippen LogP contribution in [0.3, 0.4) is 0 Å². The largest absolute Gasteiger partial charge is 0.506 e. The molecule has 0 aliphatic carbocycles. The number of halogens is 1. The fourth-order valence-corrected chi connectivity index (χ4v) is 1.69. The third kappa shape index (κ3) is 3.50. The van der Waals surface area contributed by atoms with Crippen LogP contribution in [0.4, 0.5) is 4.79 Å². The summed E-state index contributed by atoms with van der Waals surface area (Å²) in [6.07, 6.45) is -1.85. The monoisotopic (exact) mass is 264 g/mol. The van der Waals surface area contributed by atoms with E-state index in [0.29, 0.717) is 0 Å². The Bertz CT molecular complexity index is 445. The lowest BCUT2D eigenvalue weighted by molar-refractivity contribution is 0.0663. The Morgan fingerprint density at radius 3 is 1.61 bits per heavy atom. The molecule has 0 fully saturated rings. The Balaban J connectivity index is 0.00000162. The zero-order valence-electron chi connectivity index (χ0n) is 9.52. The Hall–Kier alpha value is -2.00. The zero-order valence-corrected chi connectivity index (χ0v) is 10.3. The average Bonchev–Trinajstić information content (AvgIpc) is 2.38. The molecule has 94 valence electrons. The summed E-state index contributed by atoms with van der Waals surface area (Å²) < 4.78 is 4.94. The quantitative estimate of drug-likeness (QED) is 0.856. The van der Waals surface area contributed by atoms with Gasteiger partial charge in [-0.25, -0.2) is 4.79 Å². The summed E-state index contributed by atoms with van der Waals surface area (Å²) in [7, 11) is 0. The van der Waals surface area contributed by atoms with Crippen molar-refractivity contribution in [2.24, 2.45) is 0 Å². The standard InChI is InChI=1S/C14H12O3.ClH/c15-14(16)17-13(11-7-3-1-4-8-11)12-9-5-2-6-10-12;/h1-10,13H,(H,15,16);1H. The summed E-state index contributed by atoms with van der Waals surface area (Å²) in [5.41, 5.74) is 1.64. The van der Waals surface area contributed by atoms with Gasteiger partial charge in [0.2, 0.25) is 0 Å². The number of hydrogen-bond acceptors (Lipinski definition) is 2. The maximum Gasteiger partial charge on any atom is 0.506 e. The Labute approximate surface area is 111 Å². The van der Waals surface area contributed by atoms with Crippen molar-refractivity contribution in [1.29, 1.82) is 0 Å². The van der Waals surface area contributed by atoms with E-state index in [-0.39, 0.29) is 12.4 Å². The lowest BCUT2D eigenvalue weighted by atomic mass is 10.0. The molecule has 2 aromatic carbocycles. The first-order chi connectivity index (χ1) is 8.27. The van der Waals surface area contributed by atoms with Gasteiger partial charge < -0.3 is 9.84 Å². The molecule has 0 saturated heterocycles. The molecule has 0 bridgehead atoms. The van der Waals surface area contributed by atoms with Crippen LogP contribution < -0.4 is 0 Å². The lowest BCUT2D eigenvalue weighted by Crippen LogP contribution is -2.10. The molecule has 2 aromatic rings. The maximum absolute atomic E-state index is 10.7. The molecule has 0 unspecified atom stereocenters. The van der Waals surface area contributed by atoms with E-state index >= 15 is 0 Å². The highest BCUT2D eigenvalue weighted by Crippen LogP contribution is 2.25. The van der Waals surface area contributed by atoms with Crippen molar-refractivity contribution >= 4 is 18.6 Å². The van der Waals surface area contributed by atoms with Crippen LogP contribution in [0.2, 0.25) is 0 Å². The van der Waals surface area contributed by atoms with Gasteiger partial charge in [0.05, 0.1) is 0 Å². The van der Waals surface area contributed by atoms with E-state index in [9.17, 15) is 4.79 Å². The summed E-state index contributed by atoms with van der Waals surface area (Å²) in [4.78, 5) is 10.7. The van der Waals surface area contributed by atoms with Crippen LogP contribution in [-0.4, -0.2) is 11.3 Å². The molecule has 0 atom stereocenters. The van der Waals surface area contributed by atoms with Crippen molar-refractivity contribution in [3.63, 3.8) is 0 Å². The number of hydrogen-bond donors (Lipinski definition) is 1. The first-order valence-electron chi connectivity index (χ1n) is 5.27. The van der Waals surface area contributed by atoms with Gasteiger partial charge in [0, 0.05) is 0 Å². The minimum atomic E-state index is -1.28. The molecular weight excluding hydrogens is 252 g/mol. The Morgan fingerprint density at radius 2 is 1.28 bits per heavy atom. The third-order valence-electron chi connectivity index (χ3n) is 2.42. The molecule has 4 heteroatoms. The maximum atomic E-state index is 10.7. The van der Waals surface area contributed by atoms with Crippen LogP contribution in [-0.2, 0) is 4.74 Å². The van der Waals surface area contributed by atoms with E-state index in [4.69, 9.17) is 9.84 Å².